The standard InChI is InChI=1S/C15H23N3O3/c1-11-7-12(9-13(16)8-11)15(20)18(2)10-14(19)17-5-4-6-21-3/h7-9H,4-6,10,16H2,1-3H3,(H,17,19). The van der Waals surface area contributed by atoms with Crippen molar-refractivity contribution in [1.82, 2.24) is 10.2 Å². The van der Waals surface area contributed by atoms with E-state index < -0.39 is 0 Å². The lowest BCUT2D eigenvalue weighted by Crippen LogP contribution is -2.38. The molecule has 0 heterocycles. The Balaban J connectivity index is 2.52. The third kappa shape index (κ3) is 5.83. The maximum Gasteiger partial charge on any atom is 0.254 e. The van der Waals surface area contributed by atoms with Gasteiger partial charge in [0.2, 0.25) is 5.91 Å². The summed E-state index contributed by atoms with van der Waals surface area (Å²) in [4.78, 5) is 25.3. The van der Waals surface area contributed by atoms with Crippen molar-refractivity contribution in [2.45, 2.75) is 13.3 Å². The molecule has 0 fully saturated rings. The van der Waals surface area contributed by atoms with Crippen molar-refractivity contribution in [1.29, 1.82) is 0 Å². The molecule has 6 nitrogen and oxygen atoms in total. The van der Waals surface area contributed by atoms with E-state index in [1.807, 2.05) is 6.92 Å². The van der Waals surface area contributed by atoms with Crippen LogP contribution in [0.15, 0.2) is 18.2 Å². The molecule has 0 atom stereocenters. The smallest absolute Gasteiger partial charge is 0.254 e. The number of amides is 2. The first-order chi connectivity index (χ1) is 9.93. The van der Waals surface area contributed by atoms with Crippen LogP contribution in [-0.4, -0.2) is 50.6 Å². The Hall–Kier alpha value is -2.08. The van der Waals surface area contributed by atoms with Crippen molar-refractivity contribution < 1.29 is 14.3 Å². The van der Waals surface area contributed by atoms with Crippen LogP contribution in [-0.2, 0) is 9.53 Å². The van der Waals surface area contributed by atoms with Crippen LogP contribution in [0, 0.1) is 6.92 Å². The summed E-state index contributed by atoms with van der Waals surface area (Å²) in [5, 5.41) is 2.74. The lowest BCUT2D eigenvalue weighted by molar-refractivity contribution is -0.121. The maximum absolute atomic E-state index is 12.2. The first-order valence-electron chi connectivity index (χ1n) is 6.82. The van der Waals surface area contributed by atoms with Crippen molar-refractivity contribution in [3.05, 3.63) is 29.3 Å². The van der Waals surface area contributed by atoms with Crippen LogP contribution in [0.5, 0.6) is 0 Å². The number of aryl methyl sites for hydroxylation is 1. The fourth-order valence-corrected chi connectivity index (χ4v) is 1.94. The first-order valence-corrected chi connectivity index (χ1v) is 6.82. The minimum absolute atomic E-state index is 0.0136. The Kier molecular flexibility index (Phi) is 6.68. The van der Waals surface area contributed by atoms with Crippen molar-refractivity contribution in [3.63, 3.8) is 0 Å². The Bertz CT molecular complexity index is 483. The molecule has 6 heteroatoms. The summed E-state index contributed by atoms with van der Waals surface area (Å²) in [5.41, 5.74) is 7.67. The van der Waals surface area contributed by atoms with E-state index in [1.165, 1.54) is 4.90 Å². The molecule has 0 saturated carbocycles. The van der Waals surface area contributed by atoms with E-state index in [0.717, 1.165) is 12.0 Å². The second kappa shape index (κ2) is 8.26. The van der Waals surface area contributed by atoms with Gasteiger partial charge in [-0.25, -0.2) is 0 Å². The summed E-state index contributed by atoms with van der Waals surface area (Å²) in [7, 11) is 3.21. The quantitative estimate of drug-likeness (QED) is 0.575. The highest BCUT2D eigenvalue weighted by Gasteiger charge is 2.15. The van der Waals surface area contributed by atoms with E-state index >= 15 is 0 Å². The summed E-state index contributed by atoms with van der Waals surface area (Å²) in [6.07, 6.45) is 0.744. The highest BCUT2D eigenvalue weighted by Crippen LogP contribution is 2.12. The highest BCUT2D eigenvalue weighted by atomic mass is 16.5. The Labute approximate surface area is 125 Å². The van der Waals surface area contributed by atoms with Crippen LogP contribution < -0.4 is 11.1 Å². The molecule has 1 rings (SSSR count). The molecular formula is C15H23N3O3. The van der Waals surface area contributed by atoms with Gasteiger partial charge in [0.15, 0.2) is 0 Å². The van der Waals surface area contributed by atoms with Crippen molar-refractivity contribution in [3.8, 4) is 0 Å². The molecule has 0 unspecified atom stereocenters. The Morgan fingerprint density at radius 2 is 2.05 bits per heavy atom. The first kappa shape index (κ1) is 17.0. The van der Waals surface area contributed by atoms with E-state index in [9.17, 15) is 9.59 Å². The number of nitrogens with two attached hydrogens (primary N) is 1. The molecule has 0 spiro atoms. The zero-order valence-electron chi connectivity index (χ0n) is 12.8. The Morgan fingerprint density at radius 1 is 1.33 bits per heavy atom. The second-order valence-electron chi connectivity index (χ2n) is 4.99. The third-order valence-electron chi connectivity index (χ3n) is 2.92. The molecule has 3 N–H and O–H groups in total. The van der Waals surface area contributed by atoms with Gasteiger partial charge in [0.05, 0.1) is 6.54 Å². The van der Waals surface area contributed by atoms with Crippen LogP contribution in [0.3, 0.4) is 0 Å². The lowest BCUT2D eigenvalue weighted by atomic mass is 10.1. The molecule has 0 aliphatic heterocycles. The van der Waals surface area contributed by atoms with Crippen molar-refractivity contribution in [2.75, 3.05) is 39.6 Å². The number of anilines is 1. The number of benzene rings is 1. The van der Waals surface area contributed by atoms with Gasteiger partial charge in [-0.05, 0) is 37.1 Å². The topological polar surface area (TPSA) is 84.7 Å². The fourth-order valence-electron chi connectivity index (χ4n) is 1.94. The van der Waals surface area contributed by atoms with Gasteiger partial charge in [0, 0.05) is 38.6 Å². The van der Waals surface area contributed by atoms with Gasteiger partial charge in [-0.1, -0.05) is 0 Å². The number of carbonyl (C=O) groups excluding carboxylic acids is 2. The minimum atomic E-state index is -0.225. The average Bonchev–Trinajstić information content (AvgIpc) is 2.41. The predicted molar refractivity (Wildman–Crippen MR) is 82.1 cm³/mol. The third-order valence-corrected chi connectivity index (χ3v) is 2.92. The number of rotatable bonds is 7. The number of hydrogen-bond donors (Lipinski definition) is 2. The zero-order chi connectivity index (χ0) is 15.8. The van der Waals surface area contributed by atoms with Crippen LogP contribution in [0.25, 0.3) is 0 Å². The molecule has 0 saturated heterocycles. The molecule has 0 aliphatic carbocycles. The van der Waals surface area contributed by atoms with Crippen LogP contribution >= 0.6 is 0 Å². The van der Waals surface area contributed by atoms with Crippen LogP contribution in [0.2, 0.25) is 0 Å². The van der Waals surface area contributed by atoms with Crippen molar-refractivity contribution >= 4 is 17.5 Å². The number of nitrogen functional groups attached to an aromatic ring is 1. The Morgan fingerprint density at radius 3 is 2.67 bits per heavy atom. The van der Waals surface area contributed by atoms with Gasteiger partial charge < -0.3 is 20.7 Å². The van der Waals surface area contributed by atoms with E-state index in [4.69, 9.17) is 10.5 Å². The molecule has 0 radical (unpaired) electrons. The van der Waals surface area contributed by atoms with E-state index in [-0.39, 0.29) is 18.4 Å². The molecule has 2 amide bonds. The lowest BCUT2D eigenvalue weighted by Gasteiger charge is -2.17. The highest BCUT2D eigenvalue weighted by molar-refractivity contribution is 5.97. The van der Waals surface area contributed by atoms with Gasteiger partial charge in [-0.2, -0.15) is 0 Å². The monoisotopic (exact) mass is 293 g/mol. The molecule has 0 aromatic heterocycles. The van der Waals surface area contributed by atoms with Gasteiger partial charge in [-0.3, -0.25) is 9.59 Å². The van der Waals surface area contributed by atoms with Crippen molar-refractivity contribution in [2.24, 2.45) is 0 Å². The average molecular weight is 293 g/mol. The van der Waals surface area contributed by atoms with Crippen LogP contribution in [0.4, 0.5) is 5.69 Å². The van der Waals surface area contributed by atoms with Gasteiger partial charge in [-0.15, -0.1) is 0 Å². The fraction of sp³-hybridized carbons (Fsp3) is 0.467. The number of carbonyl (C=O) groups is 2. The summed E-state index contributed by atoms with van der Waals surface area (Å²) in [6, 6.07) is 5.16. The summed E-state index contributed by atoms with van der Waals surface area (Å²) >= 11 is 0. The van der Waals surface area contributed by atoms with E-state index in [2.05, 4.69) is 5.32 Å². The SMILES string of the molecule is COCCCNC(=O)CN(C)C(=O)c1cc(C)cc(N)c1. The van der Waals surface area contributed by atoms with Gasteiger partial charge in [0.25, 0.3) is 5.91 Å². The summed E-state index contributed by atoms with van der Waals surface area (Å²) < 4.78 is 4.90. The van der Waals surface area contributed by atoms with Crippen LogP contribution in [0.1, 0.15) is 22.3 Å². The molecule has 0 bridgehead atoms. The van der Waals surface area contributed by atoms with Gasteiger partial charge >= 0.3 is 0 Å². The summed E-state index contributed by atoms with van der Waals surface area (Å²) in [6.45, 7) is 3.01. The largest absolute Gasteiger partial charge is 0.399 e. The maximum atomic E-state index is 12.2. The second-order valence-corrected chi connectivity index (χ2v) is 4.99. The molecule has 116 valence electrons. The zero-order valence-corrected chi connectivity index (χ0v) is 12.8. The van der Waals surface area contributed by atoms with E-state index in [1.54, 1.807) is 32.4 Å². The number of methoxy groups -OCH3 is 1. The number of nitrogens with one attached hydrogen (secondary N) is 1. The molecule has 1 aromatic rings. The predicted octanol–water partition coefficient (Wildman–Crippen LogP) is 0.802. The summed E-state index contributed by atoms with van der Waals surface area (Å²) in [5.74, 6) is -0.417. The number of ether oxygens (including phenoxy) is 1. The minimum Gasteiger partial charge on any atom is -0.399 e. The molecular weight excluding hydrogens is 270 g/mol. The van der Waals surface area contributed by atoms with Gasteiger partial charge in [0.1, 0.15) is 0 Å². The number of likely N-dealkylation sites (N-methyl/N-ethyl adjacent to an activating group) is 1. The number of hydrogen-bond acceptors (Lipinski definition) is 4. The normalized spacial score (nSPS) is 10.2. The molecule has 0 aliphatic rings. The molecule has 1 aromatic carbocycles. The number of nitrogens with zero attached hydrogens (tertiary/aromatic N) is 1. The van der Waals surface area contributed by atoms with E-state index in [0.29, 0.717) is 24.4 Å². The molecule has 21 heavy (non-hydrogen) atoms.